The number of aromatic nitrogens is 1. The molecule has 2 heterocycles. The van der Waals surface area contributed by atoms with Gasteiger partial charge in [0.25, 0.3) is 5.56 Å². The van der Waals surface area contributed by atoms with Gasteiger partial charge in [0.2, 0.25) is 5.91 Å². The van der Waals surface area contributed by atoms with E-state index in [-0.39, 0.29) is 29.9 Å². The van der Waals surface area contributed by atoms with E-state index < -0.39 is 0 Å². The van der Waals surface area contributed by atoms with E-state index in [9.17, 15) is 9.59 Å². The highest BCUT2D eigenvalue weighted by atomic mass is 16.5. The van der Waals surface area contributed by atoms with Crippen molar-refractivity contribution in [2.45, 2.75) is 25.5 Å². The van der Waals surface area contributed by atoms with E-state index in [4.69, 9.17) is 9.47 Å². The fraction of sp³-hybridized carbons (Fsp3) is 0.625. The van der Waals surface area contributed by atoms with E-state index in [1.54, 1.807) is 25.4 Å². The second kappa shape index (κ2) is 6.12. The molecule has 1 saturated heterocycles. The number of carbonyl (C=O) groups excluding carboxylic acids is 1. The Morgan fingerprint density at radius 3 is 2.55 bits per heavy atom. The van der Waals surface area contributed by atoms with Crippen LogP contribution in [0.3, 0.4) is 0 Å². The lowest BCUT2D eigenvalue weighted by atomic mass is 9.95. The van der Waals surface area contributed by atoms with Crippen LogP contribution in [0.25, 0.3) is 0 Å². The number of hydrogen-bond acceptors (Lipinski definition) is 4. The molecule has 1 saturated carbocycles. The Balaban J connectivity index is 1.70. The number of carbonyl (C=O) groups is 1. The average Bonchev–Trinajstić information content (AvgIpc) is 2.77. The maximum atomic E-state index is 12.5. The Hall–Kier alpha value is -1.82. The summed E-state index contributed by atoms with van der Waals surface area (Å²) in [5.74, 6) is 1.10. The number of pyridine rings is 1. The lowest BCUT2D eigenvalue weighted by molar-refractivity contribution is -0.137. The van der Waals surface area contributed by atoms with Gasteiger partial charge in [-0.25, -0.2) is 0 Å². The number of ether oxygens (including phenoxy) is 2. The molecule has 1 amide bonds. The minimum atomic E-state index is -0.270. The van der Waals surface area contributed by atoms with Crippen LogP contribution in [0.4, 0.5) is 0 Å². The summed E-state index contributed by atoms with van der Waals surface area (Å²) < 4.78 is 12.0. The minimum absolute atomic E-state index is 0.0122. The zero-order valence-electron chi connectivity index (χ0n) is 13.0. The Morgan fingerprint density at radius 2 is 1.95 bits per heavy atom. The molecule has 120 valence electrons. The average molecular weight is 306 g/mol. The molecule has 0 aromatic carbocycles. The van der Waals surface area contributed by atoms with Crippen molar-refractivity contribution in [2.24, 2.45) is 11.8 Å². The van der Waals surface area contributed by atoms with Gasteiger partial charge in [0.05, 0.1) is 13.2 Å². The first-order valence-corrected chi connectivity index (χ1v) is 7.68. The van der Waals surface area contributed by atoms with Crippen LogP contribution < -0.4 is 10.3 Å². The maximum absolute atomic E-state index is 12.5. The van der Waals surface area contributed by atoms with Crippen molar-refractivity contribution in [1.29, 1.82) is 0 Å². The highest BCUT2D eigenvalue weighted by molar-refractivity contribution is 5.76. The summed E-state index contributed by atoms with van der Waals surface area (Å²) in [6, 6.07) is 3.32. The third kappa shape index (κ3) is 2.63. The molecular formula is C16H22N2O4. The molecule has 2 bridgehead atoms. The third-order valence-electron chi connectivity index (χ3n) is 4.88. The molecule has 1 aromatic rings. The predicted octanol–water partition coefficient (Wildman–Crippen LogP) is 0.740. The monoisotopic (exact) mass is 306 g/mol. The first-order chi connectivity index (χ1) is 10.6. The summed E-state index contributed by atoms with van der Waals surface area (Å²) in [7, 11) is 3.21. The van der Waals surface area contributed by atoms with E-state index in [0.717, 1.165) is 25.9 Å². The first-order valence-electron chi connectivity index (χ1n) is 7.68. The van der Waals surface area contributed by atoms with Crippen LogP contribution in [-0.2, 0) is 16.1 Å². The number of rotatable bonds is 4. The molecular weight excluding hydrogens is 284 g/mol. The molecule has 0 spiro atoms. The van der Waals surface area contributed by atoms with Gasteiger partial charge >= 0.3 is 0 Å². The van der Waals surface area contributed by atoms with Gasteiger partial charge in [0.15, 0.2) is 5.75 Å². The van der Waals surface area contributed by atoms with Gasteiger partial charge in [-0.15, -0.1) is 0 Å². The summed E-state index contributed by atoms with van der Waals surface area (Å²) in [5.41, 5.74) is -0.270. The first kappa shape index (κ1) is 15.1. The summed E-state index contributed by atoms with van der Waals surface area (Å²) in [6.45, 7) is 1.52. The summed E-state index contributed by atoms with van der Waals surface area (Å²) in [4.78, 5) is 26.5. The van der Waals surface area contributed by atoms with Gasteiger partial charge in [-0.3, -0.25) is 9.59 Å². The smallest absolute Gasteiger partial charge is 0.293 e. The fourth-order valence-electron chi connectivity index (χ4n) is 3.80. The molecule has 1 aliphatic carbocycles. The zero-order chi connectivity index (χ0) is 15.7. The molecule has 2 fully saturated rings. The number of nitrogens with zero attached hydrogens (tertiary/aromatic N) is 2. The molecule has 6 heteroatoms. The number of piperidine rings is 1. The summed E-state index contributed by atoms with van der Waals surface area (Å²) in [6.07, 6.45) is 4.14. The molecule has 1 aliphatic heterocycles. The van der Waals surface area contributed by atoms with Crippen molar-refractivity contribution in [3.63, 3.8) is 0 Å². The van der Waals surface area contributed by atoms with Crippen molar-refractivity contribution in [1.82, 2.24) is 9.47 Å². The van der Waals surface area contributed by atoms with Gasteiger partial charge in [-0.05, 0) is 25.0 Å². The molecule has 3 atom stereocenters. The van der Waals surface area contributed by atoms with Crippen LogP contribution in [0.2, 0.25) is 0 Å². The lowest BCUT2D eigenvalue weighted by Crippen LogP contribution is -2.49. The van der Waals surface area contributed by atoms with Crippen LogP contribution in [0.5, 0.6) is 5.75 Å². The predicted molar refractivity (Wildman–Crippen MR) is 80.8 cm³/mol. The fourth-order valence-corrected chi connectivity index (χ4v) is 3.80. The Kier molecular flexibility index (Phi) is 4.20. The number of likely N-dealkylation sites (tertiary alicyclic amines) is 1. The van der Waals surface area contributed by atoms with Gasteiger partial charge in [-0.1, -0.05) is 0 Å². The standard InChI is InChI=1S/C16H22N2O4/c1-21-13-4-3-7-17(16(13)20)10-14(19)18-8-11-5-6-12(9-18)15(11)22-2/h3-4,7,11-12,15H,5-6,8-10H2,1-2H3/t11-,12+,15?. The Labute approximate surface area is 129 Å². The molecule has 0 radical (unpaired) electrons. The van der Waals surface area contributed by atoms with Crippen molar-refractivity contribution in [3.8, 4) is 5.75 Å². The van der Waals surface area contributed by atoms with Crippen molar-refractivity contribution in [2.75, 3.05) is 27.3 Å². The molecule has 22 heavy (non-hydrogen) atoms. The summed E-state index contributed by atoms with van der Waals surface area (Å²) >= 11 is 0. The van der Waals surface area contributed by atoms with Crippen LogP contribution >= 0.6 is 0 Å². The lowest BCUT2D eigenvalue weighted by Gasteiger charge is -2.37. The molecule has 1 aromatic heterocycles. The van der Waals surface area contributed by atoms with Gasteiger partial charge < -0.3 is 18.9 Å². The van der Waals surface area contributed by atoms with E-state index >= 15 is 0 Å². The molecule has 6 nitrogen and oxygen atoms in total. The van der Waals surface area contributed by atoms with Crippen molar-refractivity contribution >= 4 is 5.91 Å². The van der Waals surface area contributed by atoms with E-state index in [2.05, 4.69) is 0 Å². The number of fused-ring (bicyclic) bond motifs is 2. The Morgan fingerprint density at radius 1 is 1.27 bits per heavy atom. The summed E-state index contributed by atoms with van der Waals surface area (Å²) in [5, 5.41) is 0. The zero-order valence-corrected chi connectivity index (χ0v) is 13.0. The molecule has 2 aliphatic rings. The van der Waals surface area contributed by atoms with Crippen LogP contribution in [-0.4, -0.2) is 48.8 Å². The number of amides is 1. The van der Waals surface area contributed by atoms with Crippen LogP contribution in [0.15, 0.2) is 23.1 Å². The van der Waals surface area contributed by atoms with Gasteiger partial charge in [0.1, 0.15) is 6.54 Å². The highest BCUT2D eigenvalue weighted by Crippen LogP contribution is 2.38. The third-order valence-corrected chi connectivity index (χ3v) is 4.88. The van der Waals surface area contributed by atoms with Gasteiger partial charge in [0, 0.05) is 38.2 Å². The Bertz CT molecular complexity index is 598. The topological polar surface area (TPSA) is 60.8 Å². The SMILES string of the molecule is COc1cccn(CC(=O)N2C[C@H]3CC[C@@H](C2)C3OC)c1=O. The maximum Gasteiger partial charge on any atom is 0.293 e. The molecule has 0 N–H and O–H groups in total. The van der Waals surface area contributed by atoms with Gasteiger partial charge in [-0.2, -0.15) is 0 Å². The quantitative estimate of drug-likeness (QED) is 0.823. The van der Waals surface area contributed by atoms with E-state index in [0.29, 0.717) is 11.8 Å². The molecule has 3 rings (SSSR count). The van der Waals surface area contributed by atoms with Crippen LogP contribution in [0, 0.1) is 11.8 Å². The van der Waals surface area contributed by atoms with Crippen molar-refractivity contribution < 1.29 is 14.3 Å². The van der Waals surface area contributed by atoms with E-state index in [1.165, 1.54) is 11.7 Å². The second-order valence-corrected chi connectivity index (χ2v) is 6.11. The van der Waals surface area contributed by atoms with Crippen LogP contribution in [0.1, 0.15) is 12.8 Å². The normalized spacial score (nSPS) is 27.0. The van der Waals surface area contributed by atoms with E-state index in [1.807, 2.05) is 4.90 Å². The number of methoxy groups -OCH3 is 2. The minimum Gasteiger partial charge on any atom is -0.491 e. The van der Waals surface area contributed by atoms with Crippen molar-refractivity contribution in [3.05, 3.63) is 28.7 Å². The molecule has 1 unspecified atom stereocenters. The number of hydrogen-bond donors (Lipinski definition) is 0. The second-order valence-electron chi connectivity index (χ2n) is 6.11. The largest absolute Gasteiger partial charge is 0.491 e. The highest BCUT2D eigenvalue weighted by Gasteiger charge is 2.43.